The van der Waals surface area contributed by atoms with Crippen LogP contribution in [0.4, 0.5) is 0 Å². The number of carbonyl (C=O) groups is 1. The number of thioether (sulfide) groups is 1. The lowest BCUT2D eigenvalue weighted by Crippen LogP contribution is -2.37. The Morgan fingerprint density at radius 3 is 2.26 bits per heavy atom. The fraction of sp³-hybridized carbons (Fsp3) is 0.562. The third kappa shape index (κ3) is 6.15. The minimum Gasteiger partial charge on any atom is -0.353 e. The number of hydrogen-bond donors (Lipinski definition) is 1. The molecule has 3 heteroatoms. The van der Waals surface area contributed by atoms with Gasteiger partial charge in [0, 0.05) is 11.8 Å². The molecular weight excluding hydrogens is 254 g/mol. The molecule has 0 saturated carbocycles. The summed E-state index contributed by atoms with van der Waals surface area (Å²) in [6.07, 6.45) is 0. The van der Waals surface area contributed by atoms with Gasteiger partial charge in [-0.2, -0.15) is 0 Å². The molecule has 0 radical (unpaired) electrons. The van der Waals surface area contributed by atoms with E-state index in [-0.39, 0.29) is 11.9 Å². The first-order chi connectivity index (χ1) is 8.88. The number of amides is 1. The van der Waals surface area contributed by atoms with Crippen LogP contribution < -0.4 is 5.32 Å². The van der Waals surface area contributed by atoms with E-state index in [1.165, 1.54) is 16.7 Å². The highest BCUT2D eigenvalue weighted by atomic mass is 32.2. The molecule has 0 fully saturated rings. The lowest BCUT2D eigenvalue weighted by Gasteiger charge is -2.17. The van der Waals surface area contributed by atoms with Crippen molar-refractivity contribution in [2.75, 3.05) is 5.75 Å². The normalized spacial score (nSPS) is 12.5. The van der Waals surface area contributed by atoms with Gasteiger partial charge in [-0.1, -0.05) is 43.2 Å². The van der Waals surface area contributed by atoms with Gasteiger partial charge < -0.3 is 5.32 Å². The number of benzene rings is 1. The highest BCUT2D eigenvalue weighted by Crippen LogP contribution is 2.15. The van der Waals surface area contributed by atoms with Crippen LogP contribution in [0.3, 0.4) is 0 Å². The van der Waals surface area contributed by atoms with Crippen LogP contribution >= 0.6 is 11.8 Å². The number of rotatable bonds is 6. The smallest absolute Gasteiger partial charge is 0.230 e. The molecule has 1 amide bonds. The number of hydrogen-bond acceptors (Lipinski definition) is 2. The van der Waals surface area contributed by atoms with Gasteiger partial charge in [-0.05, 0) is 32.3 Å². The van der Waals surface area contributed by atoms with Gasteiger partial charge in [-0.3, -0.25) is 4.79 Å². The Morgan fingerprint density at radius 2 is 1.74 bits per heavy atom. The van der Waals surface area contributed by atoms with Crippen molar-refractivity contribution in [2.45, 2.75) is 46.4 Å². The van der Waals surface area contributed by atoms with Crippen LogP contribution in [0.1, 0.15) is 37.5 Å². The minimum absolute atomic E-state index is 0.135. The molecule has 0 bridgehead atoms. The largest absolute Gasteiger partial charge is 0.353 e. The molecule has 19 heavy (non-hydrogen) atoms. The second-order valence-corrected chi connectivity index (χ2v) is 6.57. The van der Waals surface area contributed by atoms with E-state index in [0.717, 1.165) is 5.75 Å². The van der Waals surface area contributed by atoms with Crippen molar-refractivity contribution < 1.29 is 4.79 Å². The summed E-state index contributed by atoms with van der Waals surface area (Å²) in [4.78, 5) is 11.8. The van der Waals surface area contributed by atoms with E-state index in [0.29, 0.717) is 11.7 Å². The van der Waals surface area contributed by atoms with Gasteiger partial charge in [0.1, 0.15) is 0 Å². The number of aryl methyl sites for hydroxylation is 2. The van der Waals surface area contributed by atoms with Gasteiger partial charge in [0.2, 0.25) is 5.91 Å². The zero-order valence-corrected chi connectivity index (χ0v) is 13.4. The summed E-state index contributed by atoms with van der Waals surface area (Å²) >= 11 is 1.67. The Morgan fingerprint density at radius 1 is 1.16 bits per heavy atom. The highest BCUT2D eigenvalue weighted by Gasteiger charge is 2.10. The maximum atomic E-state index is 11.8. The molecule has 0 aliphatic rings. The van der Waals surface area contributed by atoms with Crippen LogP contribution in [-0.2, 0) is 10.5 Å². The van der Waals surface area contributed by atoms with E-state index in [1.54, 1.807) is 11.8 Å². The summed E-state index contributed by atoms with van der Waals surface area (Å²) in [5.41, 5.74) is 3.87. The molecule has 0 heterocycles. The summed E-state index contributed by atoms with van der Waals surface area (Å²) < 4.78 is 0. The summed E-state index contributed by atoms with van der Waals surface area (Å²) in [7, 11) is 0. The monoisotopic (exact) mass is 279 g/mol. The Balaban J connectivity index is 2.35. The molecule has 0 aliphatic heterocycles. The van der Waals surface area contributed by atoms with Crippen LogP contribution in [0.25, 0.3) is 0 Å². The molecule has 106 valence electrons. The molecule has 0 unspecified atom stereocenters. The molecule has 1 aromatic rings. The Hall–Kier alpha value is -0.960. The van der Waals surface area contributed by atoms with E-state index in [2.05, 4.69) is 58.1 Å². The average molecular weight is 279 g/mol. The number of carbonyl (C=O) groups excluding carboxylic acids is 1. The summed E-state index contributed by atoms with van der Waals surface area (Å²) in [6.45, 7) is 10.5. The second-order valence-electron chi connectivity index (χ2n) is 5.59. The van der Waals surface area contributed by atoms with E-state index >= 15 is 0 Å². The second kappa shape index (κ2) is 7.59. The third-order valence-electron chi connectivity index (χ3n) is 3.17. The van der Waals surface area contributed by atoms with E-state index in [9.17, 15) is 4.79 Å². The lowest BCUT2D eigenvalue weighted by molar-refractivity contribution is -0.119. The van der Waals surface area contributed by atoms with Crippen molar-refractivity contribution in [3.63, 3.8) is 0 Å². The first-order valence-corrected chi connectivity index (χ1v) is 7.98. The first kappa shape index (κ1) is 16.1. The predicted octanol–water partition coefficient (Wildman–Crippen LogP) is 3.70. The standard InChI is InChI=1S/C16H25NOS/c1-11(2)14(5)17-16(18)10-19-9-15-7-12(3)6-13(4)8-15/h6-8,11,14H,9-10H2,1-5H3,(H,17,18)/t14-/m1/s1. The van der Waals surface area contributed by atoms with Crippen molar-refractivity contribution in [2.24, 2.45) is 5.92 Å². The maximum Gasteiger partial charge on any atom is 0.230 e. The summed E-state index contributed by atoms with van der Waals surface area (Å²) in [5.74, 6) is 2.04. The average Bonchev–Trinajstić information content (AvgIpc) is 2.27. The Labute approximate surface area is 121 Å². The topological polar surface area (TPSA) is 29.1 Å². The van der Waals surface area contributed by atoms with Crippen molar-refractivity contribution in [1.29, 1.82) is 0 Å². The van der Waals surface area contributed by atoms with Gasteiger partial charge in [-0.25, -0.2) is 0 Å². The molecule has 0 spiro atoms. The maximum absolute atomic E-state index is 11.8. The van der Waals surface area contributed by atoms with Crippen LogP contribution in [0.15, 0.2) is 18.2 Å². The lowest BCUT2D eigenvalue weighted by atomic mass is 10.1. The van der Waals surface area contributed by atoms with Gasteiger partial charge >= 0.3 is 0 Å². The van der Waals surface area contributed by atoms with Gasteiger partial charge in [0.25, 0.3) is 0 Å². The minimum atomic E-state index is 0.135. The van der Waals surface area contributed by atoms with Gasteiger partial charge in [0.05, 0.1) is 5.75 Å². The molecule has 1 rings (SSSR count). The fourth-order valence-electron chi connectivity index (χ4n) is 1.88. The van der Waals surface area contributed by atoms with E-state index < -0.39 is 0 Å². The van der Waals surface area contributed by atoms with Crippen molar-refractivity contribution in [3.05, 3.63) is 34.9 Å². The van der Waals surface area contributed by atoms with Crippen LogP contribution in [0, 0.1) is 19.8 Å². The van der Waals surface area contributed by atoms with E-state index in [4.69, 9.17) is 0 Å². The molecule has 0 aromatic heterocycles. The van der Waals surface area contributed by atoms with Crippen molar-refractivity contribution in [3.8, 4) is 0 Å². The van der Waals surface area contributed by atoms with Crippen molar-refractivity contribution >= 4 is 17.7 Å². The first-order valence-electron chi connectivity index (χ1n) is 6.82. The van der Waals surface area contributed by atoms with Crippen LogP contribution in [0.2, 0.25) is 0 Å². The SMILES string of the molecule is Cc1cc(C)cc(CSCC(=O)N[C@H](C)C(C)C)c1. The molecule has 0 aliphatic carbocycles. The fourth-order valence-corrected chi connectivity index (χ4v) is 2.65. The van der Waals surface area contributed by atoms with Gasteiger partial charge in [0.15, 0.2) is 0 Å². The quantitative estimate of drug-likeness (QED) is 0.860. The van der Waals surface area contributed by atoms with Crippen molar-refractivity contribution in [1.82, 2.24) is 5.32 Å². The third-order valence-corrected chi connectivity index (χ3v) is 4.18. The Kier molecular flexibility index (Phi) is 6.43. The zero-order chi connectivity index (χ0) is 14.4. The molecule has 1 atom stereocenters. The van der Waals surface area contributed by atoms with Gasteiger partial charge in [-0.15, -0.1) is 11.8 Å². The van der Waals surface area contributed by atoms with E-state index in [1.807, 2.05) is 0 Å². The molecule has 2 nitrogen and oxygen atoms in total. The Bertz CT molecular complexity index is 409. The predicted molar refractivity (Wildman–Crippen MR) is 84.5 cm³/mol. The summed E-state index contributed by atoms with van der Waals surface area (Å²) in [6, 6.07) is 6.79. The molecule has 1 N–H and O–H groups in total. The highest BCUT2D eigenvalue weighted by molar-refractivity contribution is 7.99. The summed E-state index contributed by atoms with van der Waals surface area (Å²) in [5, 5.41) is 3.03. The zero-order valence-electron chi connectivity index (χ0n) is 12.6. The van der Waals surface area contributed by atoms with Crippen LogP contribution in [-0.4, -0.2) is 17.7 Å². The molecule has 1 aromatic carbocycles. The number of nitrogens with one attached hydrogen (secondary N) is 1. The molecule has 0 saturated heterocycles. The molecular formula is C16H25NOS. The van der Waals surface area contributed by atoms with Crippen LogP contribution in [0.5, 0.6) is 0 Å².